The number of halogens is 1. The smallest absolute Gasteiger partial charge is 0.245 e. The van der Waals surface area contributed by atoms with Crippen molar-refractivity contribution in [2.24, 2.45) is 0 Å². The molecule has 2 aromatic heterocycles. The first-order valence-corrected chi connectivity index (χ1v) is 12.8. The molecule has 2 saturated heterocycles. The van der Waals surface area contributed by atoms with Crippen LogP contribution in [0.25, 0.3) is 22.6 Å². The van der Waals surface area contributed by atoms with Crippen LogP contribution >= 0.6 is 0 Å². The number of morpholine rings is 1. The first-order chi connectivity index (χ1) is 18.6. The minimum Gasteiger partial charge on any atom is -0.391 e. The number of piperidine rings is 1. The molecule has 11 heteroatoms. The molecule has 1 unspecified atom stereocenters. The number of H-pyrrole nitrogens is 1. The van der Waals surface area contributed by atoms with Crippen LogP contribution in [-0.2, 0) is 4.74 Å². The fraction of sp³-hybridized carbons (Fsp3) is 0.333. The highest BCUT2D eigenvalue weighted by Crippen LogP contribution is 2.27. The fourth-order valence-corrected chi connectivity index (χ4v) is 4.81. The summed E-state index contributed by atoms with van der Waals surface area (Å²) in [7, 11) is 0. The Morgan fingerprint density at radius 1 is 0.974 bits per heavy atom. The molecule has 4 heterocycles. The molecule has 0 saturated carbocycles. The Balaban J connectivity index is 1.16. The van der Waals surface area contributed by atoms with Gasteiger partial charge in [-0.3, -0.25) is 5.10 Å². The summed E-state index contributed by atoms with van der Waals surface area (Å²) in [5.41, 5.74) is 3.83. The van der Waals surface area contributed by atoms with Crippen LogP contribution in [0, 0.1) is 5.82 Å². The molecule has 0 radical (unpaired) electrons. The monoisotopic (exact) mass is 516 g/mol. The van der Waals surface area contributed by atoms with Crippen molar-refractivity contribution in [3.8, 4) is 22.6 Å². The van der Waals surface area contributed by atoms with E-state index >= 15 is 0 Å². The molecule has 2 aliphatic rings. The second-order valence-corrected chi connectivity index (χ2v) is 9.49. The molecule has 10 nitrogen and oxygen atoms in total. The van der Waals surface area contributed by atoms with Crippen molar-refractivity contribution < 1.29 is 14.2 Å². The maximum absolute atomic E-state index is 14.5. The van der Waals surface area contributed by atoms with E-state index < -0.39 is 0 Å². The van der Waals surface area contributed by atoms with Gasteiger partial charge in [0.15, 0.2) is 5.82 Å². The van der Waals surface area contributed by atoms with Crippen LogP contribution in [0.15, 0.2) is 54.7 Å². The SMILES string of the molecule is OC1CCCN(c2n[nH]c(-c3ccc(Nc4nccc(-c5cc(F)cc(N6CCOCC6)c5)n4)cc3)n2)C1. The number of aliphatic hydroxyl groups excluding tert-OH is 1. The second kappa shape index (κ2) is 10.7. The van der Waals surface area contributed by atoms with Gasteiger partial charge in [-0.05, 0) is 61.4 Å². The van der Waals surface area contributed by atoms with Gasteiger partial charge < -0.3 is 25.0 Å². The third kappa shape index (κ3) is 5.43. The molecule has 38 heavy (non-hydrogen) atoms. The molecule has 6 rings (SSSR count). The van der Waals surface area contributed by atoms with Crippen LogP contribution < -0.4 is 15.1 Å². The van der Waals surface area contributed by atoms with Gasteiger partial charge in [0.2, 0.25) is 11.9 Å². The Bertz CT molecular complexity index is 1390. The summed E-state index contributed by atoms with van der Waals surface area (Å²) in [4.78, 5) is 17.7. The molecule has 1 atom stereocenters. The van der Waals surface area contributed by atoms with Crippen LogP contribution in [0.1, 0.15) is 12.8 Å². The van der Waals surface area contributed by atoms with E-state index in [2.05, 4.69) is 35.4 Å². The molecule has 0 aliphatic carbocycles. The van der Waals surface area contributed by atoms with Crippen LogP contribution in [0.2, 0.25) is 0 Å². The molecular formula is C27H29FN8O2. The lowest BCUT2D eigenvalue weighted by atomic mass is 10.1. The zero-order valence-electron chi connectivity index (χ0n) is 20.8. The van der Waals surface area contributed by atoms with Gasteiger partial charge >= 0.3 is 0 Å². The largest absolute Gasteiger partial charge is 0.391 e. The molecule has 196 valence electrons. The van der Waals surface area contributed by atoms with Crippen LogP contribution in [0.4, 0.5) is 27.7 Å². The Morgan fingerprint density at radius 3 is 2.63 bits per heavy atom. The van der Waals surface area contributed by atoms with Gasteiger partial charge in [-0.25, -0.2) is 14.4 Å². The molecule has 0 bridgehead atoms. The molecule has 2 fully saturated rings. The van der Waals surface area contributed by atoms with Gasteiger partial charge in [-0.2, -0.15) is 4.98 Å². The molecule has 2 aliphatic heterocycles. The number of β-amino-alcohol motifs (C(OH)–C–C–N with tert-alkyl or cyclic N) is 1. The van der Waals surface area contributed by atoms with Crippen molar-refractivity contribution in [1.29, 1.82) is 0 Å². The average molecular weight is 517 g/mol. The van der Waals surface area contributed by atoms with Crippen LogP contribution in [-0.4, -0.2) is 75.8 Å². The molecule has 3 N–H and O–H groups in total. The van der Waals surface area contributed by atoms with Crippen molar-refractivity contribution >= 4 is 23.3 Å². The Morgan fingerprint density at radius 2 is 1.82 bits per heavy atom. The highest BCUT2D eigenvalue weighted by atomic mass is 19.1. The summed E-state index contributed by atoms with van der Waals surface area (Å²) in [5, 5.41) is 20.5. The Hall–Kier alpha value is -4.09. The zero-order chi connectivity index (χ0) is 25.9. The number of nitrogens with one attached hydrogen (secondary N) is 2. The van der Waals surface area contributed by atoms with Gasteiger partial charge in [-0.15, -0.1) is 5.10 Å². The van der Waals surface area contributed by atoms with Gasteiger partial charge in [0.25, 0.3) is 0 Å². The standard InChI is InChI=1S/C27H29FN8O2/c28-20-14-19(15-22(16-20)35-10-12-38-13-11-35)24-7-8-29-26(31-24)30-21-5-3-18(4-6-21)25-32-27(34-33-25)36-9-1-2-23(37)17-36/h3-8,14-16,23,37H,1-2,9-13,17H2,(H,29,30,31)(H,32,33,34). The average Bonchev–Trinajstić information content (AvgIpc) is 3.44. The third-order valence-corrected chi connectivity index (χ3v) is 6.78. The van der Waals surface area contributed by atoms with E-state index in [9.17, 15) is 9.50 Å². The number of anilines is 4. The summed E-state index contributed by atoms with van der Waals surface area (Å²) in [6.07, 6.45) is 3.05. The lowest BCUT2D eigenvalue weighted by Crippen LogP contribution is -2.38. The van der Waals surface area contributed by atoms with Gasteiger partial charge in [0, 0.05) is 54.9 Å². The minimum absolute atomic E-state index is 0.306. The van der Waals surface area contributed by atoms with E-state index in [-0.39, 0.29) is 11.9 Å². The number of ether oxygens (including phenoxy) is 1. The number of nitrogens with zero attached hydrogens (tertiary/aromatic N) is 6. The van der Waals surface area contributed by atoms with Gasteiger partial charge in [0.1, 0.15) is 5.82 Å². The zero-order valence-corrected chi connectivity index (χ0v) is 20.8. The molecule has 4 aromatic rings. The number of hydrogen-bond acceptors (Lipinski definition) is 9. The first-order valence-electron chi connectivity index (χ1n) is 12.8. The summed E-state index contributed by atoms with van der Waals surface area (Å²) in [5.74, 6) is 1.37. The Kier molecular flexibility index (Phi) is 6.84. The maximum atomic E-state index is 14.5. The fourth-order valence-electron chi connectivity index (χ4n) is 4.81. The summed E-state index contributed by atoms with van der Waals surface area (Å²) in [6.45, 7) is 4.10. The van der Waals surface area contributed by atoms with Gasteiger partial charge in [0.05, 0.1) is 25.0 Å². The highest BCUT2D eigenvalue weighted by molar-refractivity contribution is 5.68. The summed E-state index contributed by atoms with van der Waals surface area (Å²) < 4.78 is 19.9. The van der Waals surface area contributed by atoms with Crippen molar-refractivity contribution in [2.45, 2.75) is 18.9 Å². The van der Waals surface area contributed by atoms with E-state index in [0.717, 1.165) is 49.4 Å². The van der Waals surface area contributed by atoms with Crippen LogP contribution in [0.5, 0.6) is 0 Å². The maximum Gasteiger partial charge on any atom is 0.245 e. The predicted octanol–water partition coefficient (Wildman–Crippen LogP) is 3.61. The minimum atomic E-state index is -0.343. The van der Waals surface area contributed by atoms with Crippen molar-refractivity contribution in [2.75, 3.05) is 54.5 Å². The van der Waals surface area contributed by atoms with E-state index in [0.29, 0.717) is 48.7 Å². The topological polar surface area (TPSA) is 115 Å². The number of aromatic nitrogens is 5. The Labute approximate surface area is 219 Å². The predicted molar refractivity (Wildman–Crippen MR) is 143 cm³/mol. The number of benzene rings is 2. The first kappa shape index (κ1) is 24.3. The van der Waals surface area contributed by atoms with Crippen molar-refractivity contribution in [3.05, 3.63) is 60.5 Å². The number of hydrogen-bond donors (Lipinski definition) is 3. The lowest BCUT2D eigenvalue weighted by molar-refractivity contribution is 0.122. The second-order valence-electron chi connectivity index (χ2n) is 9.49. The van der Waals surface area contributed by atoms with Crippen molar-refractivity contribution in [3.63, 3.8) is 0 Å². The lowest BCUT2D eigenvalue weighted by Gasteiger charge is -2.29. The molecule has 0 spiro atoms. The normalized spacial score (nSPS) is 18.0. The van der Waals surface area contributed by atoms with Crippen LogP contribution in [0.3, 0.4) is 0 Å². The van der Waals surface area contributed by atoms with E-state index in [4.69, 9.17) is 4.74 Å². The number of aromatic amines is 1. The number of rotatable bonds is 6. The van der Waals surface area contributed by atoms with E-state index in [1.807, 2.05) is 35.2 Å². The van der Waals surface area contributed by atoms with E-state index in [1.165, 1.54) is 6.07 Å². The summed E-state index contributed by atoms with van der Waals surface area (Å²) >= 11 is 0. The molecule has 0 amide bonds. The van der Waals surface area contributed by atoms with E-state index in [1.54, 1.807) is 18.3 Å². The molecular weight excluding hydrogens is 487 g/mol. The quantitative estimate of drug-likeness (QED) is 0.353. The third-order valence-electron chi connectivity index (χ3n) is 6.78. The summed E-state index contributed by atoms with van der Waals surface area (Å²) in [6, 6.07) is 14.4. The molecule has 2 aromatic carbocycles. The highest BCUT2D eigenvalue weighted by Gasteiger charge is 2.21. The number of aliphatic hydroxyl groups is 1. The van der Waals surface area contributed by atoms with Gasteiger partial charge in [-0.1, -0.05) is 0 Å². The van der Waals surface area contributed by atoms with Crippen molar-refractivity contribution in [1.82, 2.24) is 25.1 Å².